The normalized spacial score (nSPS) is 10.8. The molecule has 2 heterocycles. The summed E-state index contributed by atoms with van der Waals surface area (Å²) in [5, 5.41) is 3.20. The summed E-state index contributed by atoms with van der Waals surface area (Å²) >= 11 is 1.22. The van der Waals surface area contributed by atoms with Crippen LogP contribution in [-0.4, -0.2) is 35.1 Å². The van der Waals surface area contributed by atoms with Gasteiger partial charge in [0.2, 0.25) is 5.91 Å². The van der Waals surface area contributed by atoms with Gasteiger partial charge in [0.1, 0.15) is 17.2 Å². The van der Waals surface area contributed by atoms with E-state index in [0.717, 1.165) is 16.0 Å². The standard InChI is InChI=1S/C25H23N3O5S/c1-4-33-25(31)23-19(12-20(34-23)16-8-10-17(32-3)11-9-16)27-21(29)13-28-14-26-22-15(2)6-5-7-18(22)24(28)30/h5-12,14H,4,13H2,1-3H3,(H,27,29). The quantitative estimate of drug-likeness (QED) is 0.400. The highest BCUT2D eigenvalue weighted by atomic mass is 32.1. The van der Waals surface area contributed by atoms with Crippen molar-refractivity contribution in [2.75, 3.05) is 19.0 Å². The largest absolute Gasteiger partial charge is 0.497 e. The number of esters is 1. The number of methoxy groups -OCH3 is 1. The number of hydrogen-bond donors (Lipinski definition) is 1. The van der Waals surface area contributed by atoms with E-state index in [1.807, 2.05) is 37.3 Å². The number of ether oxygens (including phenoxy) is 2. The van der Waals surface area contributed by atoms with E-state index in [1.165, 1.54) is 22.2 Å². The van der Waals surface area contributed by atoms with Gasteiger partial charge in [0, 0.05) is 4.88 Å². The molecular weight excluding hydrogens is 454 g/mol. The molecule has 4 rings (SSSR count). The summed E-state index contributed by atoms with van der Waals surface area (Å²) in [7, 11) is 1.59. The van der Waals surface area contributed by atoms with Crippen LogP contribution in [0.3, 0.4) is 0 Å². The Morgan fingerprint density at radius 2 is 1.91 bits per heavy atom. The Balaban J connectivity index is 1.62. The third-order valence-electron chi connectivity index (χ3n) is 5.21. The second-order valence-corrected chi connectivity index (χ2v) is 8.55. The van der Waals surface area contributed by atoms with Crippen LogP contribution in [0, 0.1) is 6.92 Å². The molecule has 1 N–H and O–H groups in total. The number of fused-ring (bicyclic) bond motifs is 1. The van der Waals surface area contributed by atoms with E-state index < -0.39 is 11.9 Å². The van der Waals surface area contributed by atoms with Gasteiger partial charge in [0.05, 0.1) is 36.6 Å². The van der Waals surface area contributed by atoms with Gasteiger partial charge >= 0.3 is 5.97 Å². The first kappa shape index (κ1) is 23.2. The van der Waals surface area contributed by atoms with Gasteiger partial charge in [-0.1, -0.05) is 12.1 Å². The summed E-state index contributed by atoms with van der Waals surface area (Å²) in [4.78, 5) is 43.6. The van der Waals surface area contributed by atoms with Crippen LogP contribution in [0.1, 0.15) is 22.2 Å². The molecule has 0 atom stereocenters. The minimum Gasteiger partial charge on any atom is -0.497 e. The topological polar surface area (TPSA) is 99.5 Å². The molecule has 2 aromatic carbocycles. The van der Waals surface area contributed by atoms with Crippen LogP contribution in [0.25, 0.3) is 21.3 Å². The Bertz CT molecular complexity index is 1420. The highest BCUT2D eigenvalue weighted by molar-refractivity contribution is 7.18. The first-order valence-electron chi connectivity index (χ1n) is 10.6. The highest BCUT2D eigenvalue weighted by Crippen LogP contribution is 2.36. The van der Waals surface area contributed by atoms with Gasteiger partial charge in [0.15, 0.2) is 0 Å². The maximum atomic E-state index is 12.8. The lowest BCUT2D eigenvalue weighted by atomic mass is 10.1. The van der Waals surface area contributed by atoms with Gasteiger partial charge < -0.3 is 14.8 Å². The molecule has 0 aliphatic carbocycles. The Morgan fingerprint density at radius 3 is 2.62 bits per heavy atom. The molecule has 2 aromatic heterocycles. The SMILES string of the molecule is CCOC(=O)c1sc(-c2ccc(OC)cc2)cc1NC(=O)Cn1cnc2c(C)cccc2c1=O. The van der Waals surface area contributed by atoms with Gasteiger partial charge in [-0.2, -0.15) is 0 Å². The minimum absolute atomic E-state index is 0.208. The number of nitrogens with zero attached hydrogens (tertiary/aromatic N) is 2. The lowest BCUT2D eigenvalue weighted by molar-refractivity contribution is -0.116. The van der Waals surface area contributed by atoms with Crippen molar-refractivity contribution in [2.45, 2.75) is 20.4 Å². The lowest BCUT2D eigenvalue weighted by Gasteiger charge is -2.09. The minimum atomic E-state index is -0.525. The number of amides is 1. The fourth-order valence-corrected chi connectivity index (χ4v) is 4.54. The molecule has 9 heteroatoms. The third kappa shape index (κ3) is 4.69. The fourth-order valence-electron chi connectivity index (χ4n) is 3.52. The number of benzene rings is 2. The number of para-hydroxylation sites is 1. The molecule has 174 valence electrons. The Hall–Kier alpha value is -3.98. The Labute approximate surface area is 199 Å². The molecule has 0 spiro atoms. The summed E-state index contributed by atoms with van der Waals surface area (Å²) in [6.45, 7) is 3.56. The van der Waals surface area contributed by atoms with E-state index in [2.05, 4.69) is 10.3 Å². The van der Waals surface area contributed by atoms with E-state index in [1.54, 1.807) is 32.2 Å². The molecule has 0 unspecified atom stereocenters. The number of hydrogen-bond acceptors (Lipinski definition) is 7. The van der Waals surface area contributed by atoms with Crippen LogP contribution < -0.4 is 15.6 Å². The van der Waals surface area contributed by atoms with Gasteiger partial charge in [-0.05, 0) is 61.4 Å². The van der Waals surface area contributed by atoms with Crippen molar-refractivity contribution in [1.29, 1.82) is 0 Å². The number of carbonyl (C=O) groups is 2. The molecule has 0 bridgehead atoms. The molecule has 0 aliphatic rings. The van der Waals surface area contributed by atoms with Crippen molar-refractivity contribution in [2.24, 2.45) is 0 Å². The highest BCUT2D eigenvalue weighted by Gasteiger charge is 2.20. The summed E-state index contributed by atoms with van der Waals surface area (Å²) in [5.41, 5.74) is 2.38. The van der Waals surface area contributed by atoms with Crippen molar-refractivity contribution in [1.82, 2.24) is 9.55 Å². The van der Waals surface area contributed by atoms with Crippen LogP contribution >= 0.6 is 11.3 Å². The van der Waals surface area contributed by atoms with E-state index >= 15 is 0 Å². The molecule has 0 saturated carbocycles. The Kier molecular flexibility index (Phi) is 6.74. The van der Waals surface area contributed by atoms with Gasteiger partial charge in [0.25, 0.3) is 5.56 Å². The molecule has 0 fully saturated rings. The molecule has 8 nitrogen and oxygen atoms in total. The van der Waals surface area contributed by atoms with Crippen molar-refractivity contribution in [3.8, 4) is 16.2 Å². The predicted octanol–water partition coefficient (Wildman–Crippen LogP) is 4.26. The Morgan fingerprint density at radius 1 is 1.15 bits per heavy atom. The fraction of sp³-hybridized carbons (Fsp3) is 0.200. The molecule has 0 saturated heterocycles. The summed E-state index contributed by atoms with van der Waals surface area (Å²) in [6.07, 6.45) is 1.36. The summed E-state index contributed by atoms with van der Waals surface area (Å²) in [6, 6.07) is 14.4. The van der Waals surface area contributed by atoms with E-state index in [0.29, 0.717) is 22.3 Å². The van der Waals surface area contributed by atoms with Gasteiger partial charge in [-0.15, -0.1) is 11.3 Å². The molecular formula is C25H23N3O5S. The van der Waals surface area contributed by atoms with Gasteiger partial charge in [-0.25, -0.2) is 9.78 Å². The number of anilines is 1. The third-order valence-corrected chi connectivity index (χ3v) is 6.37. The van der Waals surface area contributed by atoms with Crippen molar-refractivity contribution in [3.05, 3.63) is 75.7 Å². The zero-order valence-corrected chi connectivity index (χ0v) is 19.8. The first-order chi connectivity index (χ1) is 16.4. The number of nitrogens with one attached hydrogen (secondary N) is 1. The van der Waals surface area contributed by atoms with Gasteiger partial charge in [-0.3, -0.25) is 14.2 Å². The van der Waals surface area contributed by atoms with Crippen LogP contribution in [0.5, 0.6) is 5.75 Å². The monoisotopic (exact) mass is 477 g/mol. The average Bonchev–Trinajstić information content (AvgIpc) is 3.25. The molecule has 0 aliphatic heterocycles. The first-order valence-corrected chi connectivity index (χ1v) is 11.4. The molecule has 1 amide bonds. The zero-order chi connectivity index (χ0) is 24.2. The van der Waals surface area contributed by atoms with E-state index in [4.69, 9.17) is 9.47 Å². The average molecular weight is 478 g/mol. The smallest absolute Gasteiger partial charge is 0.350 e. The van der Waals surface area contributed by atoms with Crippen molar-refractivity contribution < 1.29 is 19.1 Å². The van der Waals surface area contributed by atoms with E-state index in [-0.39, 0.29) is 23.6 Å². The maximum absolute atomic E-state index is 12.8. The van der Waals surface area contributed by atoms with Crippen molar-refractivity contribution in [3.63, 3.8) is 0 Å². The molecule has 4 aromatic rings. The second kappa shape index (κ2) is 9.88. The number of thiophene rings is 1. The zero-order valence-electron chi connectivity index (χ0n) is 19.0. The number of aromatic nitrogens is 2. The number of aryl methyl sites for hydroxylation is 1. The van der Waals surface area contributed by atoms with Crippen molar-refractivity contribution >= 4 is 39.8 Å². The van der Waals surface area contributed by atoms with Crippen LogP contribution in [0.4, 0.5) is 5.69 Å². The lowest BCUT2D eigenvalue weighted by Crippen LogP contribution is -2.28. The molecule has 34 heavy (non-hydrogen) atoms. The molecule has 0 radical (unpaired) electrons. The van der Waals surface area contributed by atoms with Crippen LogP contribution in [-0.2, 0) is 16.1 Å². The number of rotatable bonds is 7. The van der Waals surface area contributed by atoms with E-state index in [9.17, 15) is 14.4 Å². The summed E-state index contributed by atoms with van der Waals surface area (Å²) < 4.78 is 11.6. The van der Waals surface area contributed by atoms with Crippen LogP contribution in [0.2, 0.25) is 0 Å². The number of carbonyl (C=O) groups excluding carboxylic acids is 2. The maximum Gasteiger partial charge on any atom is 0.350 e. The van der Waals surface area contributed by atoms with Crippen LogP contribution in [0.15, 0.2) is 59.7 Å². The second-order valence-electron chi connectivity index (χ2n) is 7.50. The summed E-state index contributed by atoms with van der Waals surface area (Å²) in [5.74, 6) is -0.271. The predicted molar refractivity (Wildman–Crippen MR) is 132 cm³/mol.